The molecule has 19 heavy (non-hydrogen) atoms. The topological polar surface area (TPSA) is 61.0 Å². The van der Waals surface area contributed by atoms with E-state index in [1.54, 1.807) is 19.0 Å². The Labute approximate surface area is 112 Å². The van der Waals surface area contributed by atoms with Crippen LogP contribution in [0.1, 0.15) is 6.42 Å². The number of H-pyrrole nitrogens is 1. The molecule has 0 saturated carbocycles. The molecule has 0 aliphatic carbocycles. The molecule has 5 nitrogen and oxygen atoms in total. The summed E-state index contributed by atoms with van der Waals surface area (Å²) in [5.74, 6) is 0.858. The lowest BCUT2D eigenvalue weighted by molar-refractivity contribution is -0.128. The minimum absolute atomic E-state index is 0.103. The van der Waals surface area contributed by atoms with Crippen LogP contribution in [-0.4, -0.2) is 41.6 Å². The van der Waals surface area contributed by atoms with Crippen LogP contribution >= 0.6 is 0 Å². The highest BCUT2D eigenvalue weighted by Crippen LogP contribution is 2.18. The van der Waals surface area contributed by atoms with E-state index >= 15 is 0 Å². The lowest BCUT2D eigenvalue weighted by atomic mass is 10.2. The molecule has 2 rings (SSSR count). The number of carbonyl (C=O) groups is 1. The molecular formula is C14H18N4O. The summed E-state index contributed by atoms with van der Waals surface area (Å²) in [7, 11) is 3.51. The van der Waals surface area contributed by atoms with Crippen molar-refractivity contribution >= 4 is 11.7 Å². The van der Waals surface area contributed by atoms with Gasteiger partial charge in [0.2, 0.25) is 5.91 Å². The highest BCUT2D eigenvalue weighted by Gasteiger charge is 2.05. The van der Waals surface area contributed by atoms with Crippen LogP contribution in [0.5, 0.6) is 0 Å². The molecule has 0 saturated heterocycles. The zero-order chi connectivity index (χ0) is 13.7. The first-order valence-corrected chi connectivity index (χ1v) is 6.21. The van der Waals surface area contributed by atoms with Crippen molar-refractivity contribution in [3.8, 4) is 11.3 Å². The summed E-state index contributed by atoms with van der Waals surface area (Å²) in [4.78, 5) is 13.0. The molecule has 0 fully saturated rings. The van der Waals surface area contributed by atoms with E-state index in [0.29, 0.717) is 13.0 Å². The highest BCUT2D eigenvalue weighted by molar-refractivity contribution is 5.76. The van der Waals surface area contributed by atoms with Crippen LogP contribution in [-0.2, 0) is 4.79 Å². The maximum absolute atomic E-state index is 11.4. The van der Waals surface area contributed by atoms with Gasteiger partial charge in [-0.05, 0) is 5.56 Å². The second-order valence-corrected chi connectivity index (χ2v) is 4.50. The number of benzene rings is 1. The molecule has 5 heteroatoms. The van der Waals surface area contributed by atoms with Gasteiger partial charge in [0.1, 0.15) is 5.82 Å². The number of hydrogen-bond acceptors (Lipinski definition) is 3. The first-order valence-electron chi connectivity index (χ1n) is 6.21. The second kappa shape index (κ2) is 6.04. The first kappa shape index (κ1) is 13.1. The molecule has 0 aliphatic heterocycles. The summed E-state index contributed by atoms with van der Waals surface area (Å²) in [6.45, 7) is 0.579. The molecule has 1 aromatic heterocycles. The summed E-state index contributed by atoms with van der Waals surface area (Å²) < 4.78 is 0. The van der Waals surface area contributed by atoms with E-state index in [1.807, 2.05) is 36.4 Å². The van der Waals surface area contributed by atoms with Crippen molar-refractivity contribution < 1.29 is 4.79 Å². The van der Waals surface area contributed by atoms with Crippen LogP contribution in [0.2, 0.25) is 0 Å². The van der Waals surface area contributed by atoms with Gasteiger partial charge in [-0.25, -0.2) is 0 Å². The Balaban J connectivity index is 1.90. The summed E-state index contributed by atoms with van der Waals surface area (Å²) in [5.41, 5.74) is 2.05. The van der Waals surface area contributed by atoms with Gasteiger partial charge in [0, 0.05) is 33.1 Å². The summed E-state index contributed by atoms with van der Waals surface area (Å²) in [6.07, 6.45) is 0.459. The van der Waals surface area contributed by atoms with E-state index in [2.05, 4.69) is 15.5 Å². The van der Waals surface area contributed by atoms with Crippen molar-refractivity contribution in [2.75, 3.05) is 26.0 Å². The van der Waals surface area contributed by atoms with Gasteiger partial charge in [0.15, 0.2) is 0 Å². The van der Waals surface area contributed by atoms with E-state index < -0.39 is 0 Å². The maximum atomic E-state index is 11.4. The van der Waals surface area contributed by atoms with Crippen LogP contribution in [0, 0.1) is 0 Å². The fourth-order valence-corrected chi connectivity index (χ4v) is 1.70. The third-order valence-electron chi connectivity index (χ3n) is 2.81. The van der Waals surface area contributed by atoms with Crippen molar-refractivity contribution in [3.63, 3.8) is 0 Å². The van der Waals surface area contributed by atoms with Gasteiger partial charge < -0.3 is 10.2 Å². The number of nitrogens with zero attached hydrogens (tertiary/aromatic N) is 2. The monoisotopic (exact) mass is 258 g/mol. The van der Waals surface area contributed by atoms with Crippen molar-refractivity contribution in [1.82, 2.24) is 15.1 Å². The standard InChI is InChI=1S/C14H18N4O/c1-18(2)14(19)8-9-15-13-10-12(16-17-13)11-6-4-3-5-7-11/h3-7,10H,8-9H2,1-2H3,(H2,15,16,17). The molecule has 2 aromatic rings. The van der Waals surface area contributed by atoms with Crippen molar-refractivity contribution in [3.05, 3.63) is 36.4 Å². The van der Waals surface area contributed by atoms with E-state index in [1.165, 1.54) is 0 Å². The van der Waals surface area contributed by atoms with Gasteiger partial charge in [0.05, 0.1) is 5.69 Å². The fraction of sp³-hybridized carbons (Fsp3) is 0.286. The molecule has 0 unspecified atom stereocenters. The zero-order valence-electron chi connectivity index (χ0n) is 11.2. The highest BCUT2D eigenvalue weighted by atomic mass is 16.2. The Kier molecular flexibility index (Phi) is 4.18. The molecule has 0 spiro atoms. The third kappa shape index (κ3) is 3.58. The molecule has 0 atom stereocenters. The van der Waals surface area contributed by atoms with E-state index in [9.17, 15) is 4.79 Å². The molecule has 0 radical (unpaired) electrons. The molecule has 1 aromatic carbocycles. The lowest BCUT2D eigenvalue weighted by Gasteiger charge is -2.09. The Hall–Kier alpha value is -2.30. The number of nitrogens with one attached hydrogen (secondary N) is 2. The molecule has 1 heterocycles. The Bertz CT molecular complexity index is 533. The summed E-state index contributed by atoms with van der Waals surface area (Å²) in [6, 6.07) is 11.9. The SMILES string of the molecule is CN(C)C(=O)CCNc1cc(-c2ccccc2)[nH]n1. The molecule has 2 N–H and O–H groups in total. The summed E-state index contributed by atoms with van der Waals surface area (Å²) >= 11 is 0. The van der Waals surface area contributed by atoms with Crippen LogP contribution in [0.25, 0.3) is 11.3 Å². The Morgan fingerprint density at radius 2 is 2.05 bits per heavy atom. The van der Waals surface area contributed by atoms with Gasteiger partial charge >= 0.3 is 0 Å². The van der Waals surface area contributed by atoms with Crippen LogP contribution in [0.15, 0.2) is 36.4 Å². The minimum atomic E-state index is 0.103. The smallest absolute Gasteiger partial charge is 0.223 e. The molecule has 0 bridgehead atoms. The number of amides is 1. The molecule has 1 amide bonds. The molecule has 0 aliphatic rings. The van der Waals surface area contributed by atoms with Gasteiger partial charge in [-0.2, -0.15) is 5.10 Å². The number of aromatic nitrogens is 2. The predicted molar refractivity (Wildman–Crippen MR) is 75.8 cm³/mol. The van der Waals surface area contributed by atoms with E-state index in [-0.39, 0.29) is 5.91 Å². The second-order valence-electron chi connectivity index (χ2n) is 4.50. The maximum Gasteiger partial charge on any atom is 0.223 e. The number of hydrogen-bond donors (Lipinski definition) is 2. The normalized spacial score (nSPS) is 10.2. The van der Waals surface area contributed by atoms with Gasteiger partial charge in [-0.1, -0.05) is 30.3 Å². The Morgan fingerprint density at radius 3 is 2.74 bits per heavy atom. The minimum Gasteiger partial charge on any atom is -0.368 e. The van der Waals surface area contributed by atoms with Crippen LogP contribution in [0.4, 0.5) is 5.82 Å². The van der Waals surface area contributed by atoms with Gasteiger partial charge in [-0.15, -0.1) is 0 Å². The predicted octanol–water partition coefficient (Wildman–Crippen LogP) is 1.97. The number of rotatable bonds is 5. The Morgan fingerprint density at radius 1 is 1.32 bits per heavy atom. The average molecular weight is 258 g/mol. The largest absolute Gasteiger partial charge is 0.368 e. The van der Waals surface area contributed by atoms with Gasteiger partial charge in [0.25, 0.3) is 0 Å². The molecular weight excluding hydrogens is 240 g/mol. The van der Waals surface area contributed by atoms with Gasteiger partial charge in [-0.3, -0.25) is 9.89 Å². The zero-order valence-corrected chi connectivity index (χ0v) is 11.2. The van der Waals surface area contributed by atoms with E-state index in [4.69, 9.17) is 0 Å². The summed E-state index contributed by atoms with van der Waals surface area (Å²) in [5, 5.41) is 10.3. The van der Waals surface area contributed by atoms with E-state index in [0.717, 1.165) is 17.1 Å². The fourth-order valence-electron chi connectivity index (χ4n) is 1.70. The van der Waals surface area contributed by atoms with Crippen LogP contribution < -0.4 is 5.32 Å². The number of anilines is 1. The lowest BCUT2D eigenvalue weighted by Crippen LogP contribution is -2.23. The van der Waals surface area contributed by atoms with Crippen LogP contribution in [0.3, 0.4) is 0 Å². The average Bonchev–Trinajstić information content (AvgIpc) is 2.88. The number of aromatic amines is 1. The first-order chi connectivity index (χ1) is 9.16. The van der Waals surface area contributed by atoms with Crippen molar-refractivity contribution in [1.29, 1.82) is 0 Å². The third-order valence-corrected chi connectivity index (χ3v) is 2.81. The quantitative estimate of drug-likeness (QED) is 0.862. The van der Waals surface area contributed by atoms with Crippen molar-refractivity contribution in [2.45, 2.75) is 6.42 Å². The van der Waals surface area contributed by atoms with Crippen molar-refractivity contribution in [2.24, 2.45) is 0 Å². The molecule has 100 valence electrons. The number of carbonyl (C=O) groups excluding carboxylic acids is 1.